The molecule has 0 aliphatic carbocycles. The van der Waals surface area contributed by atoms with Gasteiger partial charge in [0.05, 0.1) is 10.5 Å². The number of halogens is 1. The van der Waals surface area contributed by atoms with Gasteiger partial charge in [0.2, 0.25) is 0 Å². The van der Waals surface area contributed by atoms with Crippen LogP contribution in [0.25, 0.3) is 10.9 Å². The van der Waals surface area contributed by atoms with Crippen LogP contribution in [0, 0.1) is 6.92 Å². The van der Waals surface area contributed by atoms with Gasteiger partial charge in [-0.05, 0) is 19.1 Å². The van der Waals surface area contributed by atoms with Crippen molar-refractivity contribution in [3.8, 4) is 0 Å². The summed E-state index contributed by atoms with van der Waals surface area (Å²) in [7, 11) is 0. The highest BCUT2D eigenvalue weighted by molar-refractivity contribution is 6.35. The number of pyridine rings is 1. The van der Waals surface area contributed by atoms with E-state index in [9.17, 15) is 4.79 Å². The third-order valence-electron chi connectivity index (χ3n) is 2.35. The normalized spacial score (nSPS) is 10.5. The van der Waals surface area contributed by atoms with Crippen molar-refractivity contribution in [3.63, 3.8) is 0 Å². The number of aryl methyl sites for hydroxylation is 1. The van der Waals surface area contributed by atoms with Gasteiger partial charge in [-0.25, -0.2) is 0 Å². The number of hydrogen-bond acceptors (Lipinski definition) is 3. The first kappa shape index (κ1) is 11.7. The first-order valence-corrected chi connectivity index (χ1v) is 5.47. The van der Waals surface area contributed by atoms with Crippen molar-refractivity contribution in [1.82, 2.24) is 4.98 Å². The Kier molecular flexibility index (Phi) is 3.15. The van der Waals surface area contributed by atoms with Crippen LogP contribution in [-0.4, -0.2) is 22.6 Å². The van der Waals surface area contributed by atoms with Crippen LogP contribution in [0.2, 0.25) is 5.02 Å². The number of benzene rings is 1. The Labute approximate surface area is 103 Å². The van der Waals surface area contributed by atoms with Crippen LogP contribution >= 0.6 is 11.6 Å². The minimum absolute atomic E-state index is 0.134. The summed E-state index contributed by atoms with van der Waals surface area (Å²) in [5, 5.41) is 12.9. The monoisotopic (exact) mass is 250 g/mol. The Morgan fingerprint density at radius 1 is 1.53 bits per heavy atom. The molecule has 0 saturated carbocycles. The average molecular weight is 251 g/mol. The lowest BCUT2D eigenvalue weighted by Crippen LogP contribution is -2.12. The van der Waals surface area contributed by atoms with E-state index < -0.39 is 5.97 Å². The van der Waals surface area contributed by atoms with Crippen LogP contribution in [0.15, 0.2) is 24.3 Å². The standard InChI is InChI=1S/C12H11ClN2O2/c1-7-5-10(14-6-11(16)17)8-3-2-4-9(13)12(8)15-7/h2-5H,6H2,1H3,(H,14,15)(H,16,17). The van der Waals surface area contributed by atoms with E-state index >= 15 is 0 Å². The van der Waals surface area contributed by atoms with Crippen LogP contribution in [-0.2, 0) is 4.79 Å². The Bertz CT molecular complexity index is 584. The molecule has 0 aliphatic heterocycles. The van der Waals surface area contributed by atoms with E-state index in [0.29, 0.717) is 10.5 Å². The van der Waals surface area contributed by atoms with Gasteiger partial charge in [-0.3, -0.25) is 9.78 Å². The number of para-hydroxylation sites is 1. The number of nitrogens with zero attached hydrogens (tertiary/aromatic N) is 1. The molecule has 5 heteroatoms. The largest absolute Gasteiger partial charge is 0.480 e. The third-order valence-corrected chi connectivity index (χ3v) is 2.65. The average Bonchev–Trinajstić information content (AvgIpc) is 2.27. The van der Waals surface area contributed by atoms with E-state index in [0.717, 1.165) is 16.8 Å². The fourth-order valence-electron chi connectivity index (χ4n) is 1.66. The number of rotatable bonds is 3. The predicted octanol–water partition coefficient (Wildman–Crippen LogP) is 2.69. The summed E-state index contributed by atoms with van der Waals surface area (Å²) in [6, 6.07) is 7.24. The number of carboxylic acid groups (broad SMARTS) is 1. The number of hydrogen-bond donors (Lipinski definition) is 2. The molecule has 0 spiro atoms. The highest BCUT2D eigenvalue weighted by atomic mass is 35.5. The molecule has 17 heavy (non-hydrogen) atoms. The number of fused-ring (bicyclic) bond motifs is 1. The molecular weight excluding hydrogens is 240 g/mol. The number of carboxylic acids is 1. The van der Waals surface area contributed by atoms with Gasteiger partial charge in [-0.2, -0.15) is 0 Å². The number of aromatic nitrogens is 1. The van der Waals surface area contributed by atoms with Crippen molar-refractivity contribution in [1.29, 1.82) is 0 Å². The zero-order valence-electron chi connectivity index (χ0n) is 9.20. The number of nitrogens with one attached hydrogen (secondary N) is 1. The molecule has 0 unspecified atom stereocenters. The van der Waals surface area contributed by atoms with Gasteiger partial charge in [0, 0.05) is 16.8 Å². The first-order chi connectivity index (χ1) is 8.08. The van der Waals surface area contributed by atoms with E-state index in [-0.39, 0.29) is 6.54 Å². The van der Waals surface area contributed by atoms with Gasteiger partial charge in [0.1, 0.15) is 6.54 Å². The predicted molar refractivity (Wildman–Crippen MR) is 67.6 cm³/mol. The van der Waals surface area contributed by atoms with Crippen molar-refractivity contribution >= 4 is 34.2 Å². The lowest BCUT2D eigenvalue weighted by Gasteiger charge is -2.09. The molecule has 0 atom stereocenters. The van der Waals surface area contributed by atoms with E-state index in [4.69, 9.17) is 16.7 Å². The van der Waals surface area contributed by atoms with Gasteiger partial charge in [-0.1, -0.05) is 23.7 Å². The molecular formula is C12H11ClN2O2. The van der Waals surface area contributed by atoms with Gasteiger partial charge in [-0.15, -0.1) is 0 Å². The zero-order chi connectivity index (χ0) is 12.4. The van der Waals surface area contributed by atoms with Crippen molar-refractivity contribution < 1.29 is 9.90 Å². The summed E-state index contributed by atoms with van der Waals surface area (Å²) >= 11 is 6.06. The summed E-state index contributed by atoms with van der Waals surface area (Å²) in [5.41, 5.74) is 2.21. The van der Waals surface area contributed by atoms with Gasteiger partial charge < -0.3 is 10.4 Å². The van der Waals surface area contributed by atoms with Crippen LogP contribution in [0.3, 0.4) is 0 Å². The Morgan fingerprint density at radius 2 is 2.29 bits per heavy atom. The van der Waals surface area contributed by atoms with Crippen molar-refractivity contribution in [2.24, 2.45) is 0 Å². The van der Waals surface area contributed by atoms with Crippen molar-refractivity contribution in [2.75, 3.05) is 11.9 Å². The second-order valence-electron chi connectivity index (χ2n) is 3.69. The smallest absolute Gasteiger partial charge is 0.322 e. The van der Waals surface area contributed by atoms with E-state index in [1.165, 1.54) is 0 Å². The SMILES string of the molecule is Cc1cc(NCC(=O)O)c2cccc(Cl)c2n1. The lowest BCUT2D eigenvalue weighted by molar-refractivity contribution is -0.134. The summed E-state index contributed by atoms with van der Waals surface area (Å²) < 4.78 is 0. The molecule has 0 radical (unpaired) electrons. The fourth-order valence-corrected chi connectivity index (χ4v) is 1.88. The Morgan fingerprint density at radius 3 is 3.00 bits per heavy atom. The molecule has 0 saturated heterocycles. The molecule has 1 heterocycles. The van der Waals surface area contributed by atoms with E-state index in [2.05, 4.69) is 10.3 Å². The molecule has 1 aromatic carbocycles. The minimum Gasteiger partial charge on any atom is -0.480 e. The minimum atomic E-state index is -0.908. The number of anilines is 1. The summed E-state index contributed by atoms with van der Waals surface area (Å²) in [6.45, 7) is 1.71. The highest BCUT2D eigenvalue weighted by Crippen LogP contribution is 2.28. The first-order valence-electron chi connectivity index (χ1n) is 5.09. The number of carbonyl (C=O) groups is 1. The lowest BCUT2D eigenvalue weighted by atomic mass is 10.1. The van der Waals surface area contributed by atoms with E-state index in [1.807, 2.05) is 25.1 Å². The molecule has 2 N–H and O–H groups in total. The molecule has 88 valence electrons. The Balaban J connectivity index is 2.54. The maximum absolute atomic E-state index is 10.6. The maximum atomic E-state index is 10.6. The van der Waals surface area contributed by atoms with Crippen LogP contribution in [0.5, 0.6) is 0 Å². The van der Waals surface area contributed by atoms with Crippen molar-refractivity contribution in [3.05, 3.63) is 35.0 Å². The second kappa shape index (κ2) is 4.59. The van der Waals surface area contributed by atoms with Gasteiger partial charge in [0.25, 0.3) is 0 Å². The second-order valence-corrected chi connectivity index (χ2v) is 4.10. The molecule has 0 fully saturated rings. The van der Waals surface area contributed by atoms with Gasteiger partial charge >= 0.3 is 5.97 Å². The van der Waals surface area contributed by atoms with Crippen molar-refractivity contribution in [2.45, 2.75) is 6.92 Å². The molecule has 2 aromatic rings. The highest BCUT2D eigenvalue weighted by Gasteiger charge is 2.07. The topological polar surface area (TPSA) is 62.2 Å². The van der Waals surface area contributed by atoms with Crippen LogP contribution in [0.1, 0.15) is 5.69 Å². The van der Waals surface area contributed by atoms with Crippen LogP contribution < -0.4 is 5.32 Å². The molecule has 0 bridgehead atoms. The fraction of sp³-hybridized carbons (Fsp3) is 0.167. The molecule has 2 rings (SSSR count). The van der Waals surface area contributed by atoms with Crippen LogP contribution in [0.4, 0.5) is 5.69 Å². The molecule has 0 amide bonds. The maximum Gasteiger partial charge on any atom is 0.322 e. The zero-order valence-corrected chi connectivity index (χ0v) is 9.95. The summed E-state index contributed by atoms with van der Waals surface area (Å²) in [5.74, 6) is -0.908. The summed E-state index contributed by atoms with van der Waals surface area (Å²) in [6.07, 6.45) is 0. The molecule has 4 nitrogen and oxygen atoms in total. The molecule has 1 aromatic heterocycles. The quantitative estimate of drug-likeness (QED) is 0.879. The molecule has 0 aliphatic rings. The summed E-state index contributed by atoms with van der Waals surface area (Å²) in [4.78, 5) is 14.9. The van der Waals surface area contributed by atoms with Gasteiger partial charge in [0.15, 0.2) is 0 Å². The number of aliphatic carboxylic acids is 1. The van der Waals surface area contributed by atoms with E-state index in [1.54, 1.807) is 6.07 Å². The Hall–Kier alpha value is -1.81. The third kappa shape index (κ3) is 2.47.